The molecule has 1 aromatic heterocycles. The zero-order valence-corrected chi connectivity index (χ0v) is 20.6. The number of pyridine rings is 1. The molecule has 0 bridgehead atoms. The van der Waals surface area contributed by atoms with Gasteiger partial charge in [-0.25, -0.2) is 9.78 Å². The second-order valence-electron chi connectivity index (χ2n) is 8.98. The highest BCUT2D eigenvalue weighted by molar-refractivity contribution is 5.97. The largest absolute Gasteiger partial charge is 0.505 e. The lowest BCUT2D eigenvalue weighted by molar-refractivity contribution is -0.176. The molecule has 2 heterocycles. The number of ether oxygens (including phenoxy) is 3. The maximum atomic E-state index is 13.2. The zero-order chi connectivity index (χ0) is 26.4. The Morgan fingerprint density at radius 2 is 1.86 bits per heavy atom. The third kappa shape index (κ3) is 6.38. The lowest BCUT2D eigenvalue weighted by Gasteiger charge is -2.29. The number of aromatic hydroxyl groups is 1. The van der Waals surface area contributed by atoms with Gasteiger partial charge in [0.2, 0.25) is 0 Å². The molecule has 2 N–H and O–H groups in total. The van der Waals surface area contributed by atoms with E-state index in [-0.39, 0.29) is 17.9 Å². The van der Waals surface area contributed by atoms with Crippen molar-refractivity contribution in [3.05, 3.63) is 59.4 Å². The van der Waals surface area contributed by atoms with E-state index in [1.807, 2.05) is 30.3 Å². The van der Waals surface area contributed by atoms with Crippen molar-refractivity contribution < 1.29 is 38.5 Å². The number of carbonyl (C=O) groups is 4. The van der Waals surface area contributed by atoms with E-state index in [4.69, 9.17) is 14.2 Å². The molecule has 192 valence electrons. The van der Waals surface area contributed by atoms with Gasteiger partial charge in [0.25, 0.3) is 5.91 Å². The fourth-order valence-electron chi connectivity index (χ4n) is 3.69. The van der Waals surface area contributed by atoms with E-state index < -0.39 is 60.5 Å². The van der Waals surface area contributed by atoms with Crippen LogP contribution in [-0.4, -0.2) is 58.8 Å². The Morgan fingerprint density at radius 1 is 1.17 bits per heavy atom. The Morgan fingerprint density at radius 3 is 2.53 bits per heavy atom. The number of hydrogen-bond acceptors (Lipinski definition) is 9. The maximum absolute atomic E-state index is 13.2. The number of amides is 1. The molecular formula is C26H30N2O8. The second kappa shape index (κ2) is 11.7. The van der Waals surface area contributed by atoms with Crippen LogP contribution >= 0.6 is 0 Å². The smallest absolute Gasteiger partial charge is 0.332 e. The van der Waals surface area contributed by atoms with Gasteiger partial charge in [0.05, 0.1) is 5.92 Å². The Balaban J connectivity index is 1.87. The van der Waals surface area contributed by atoms with Crippen LogP contribution in [-0.2, 0) is 35.0 Å². The second-order valence-corrected chi connectivity index (χ2v) is 8.98. The number of carbonyl (C=O) groups excluding carboxylic acids is 4. The van der Waals surface area contributed by atoms with Crippen LogP contribution in [0.3, 0.4) is 0 Å². The van der Waals surface area contributed by atoms with E-state index in [1.165, 1.54) is 19.2 Å². The predicted molar refractivity (Wildman–Crippen MR) is 127 cm³/mol. The van der Waals surface area contributed by atoms with Crippen LogP contribution < -0.4 is 5.32 Å². The van der Waals surface area contributed by atoms with E-state index in [0.717, 1.165) is 5.56 Å². The summed E-state index contributed by atoms with van der Waals surface area (Å²) < 4.78 is 16.6. The summed E-state index contributed by atoms with van der Waals surface area (Å²) in [6.07, 6.45) is -0.622. The molecule has 1 amide bonds. The first-order valence-electron chi connectivity index (χ1n) is 11.7. The molecule has 0 aliphatic carbocycles. The third-order valence-electron chi connectivity index (χ3n) is 5.81. The molecule has 4 atom stereocenters. The Hall–Kier alpha value is -3.95. The third-order valence-corrected chi connectivity index (χ3v) is 5.81. The number of benzene rings is 1. The van der Waals surface area contributed by atoms with Crippen LogP contribution in [0.4, 0.5) is 0 Å². The van der Waals surface area contributed by atoms with E-state index in [0.29, 0.717) is 5.56 Å². The zero-order valence-electron chi connectivity index (χ0n) is 20.6. The summed E-state index contributed by atoms with van der Waals surface area (Å²) in [6, 6.07) is 9.26. The molecular weight excluding hydrogens is 468 g/mol. The van der Waals surface area contributed by atoms with Crippen LogP contribution in [0.2, 0.25) is 0 Å². The number of esters is 3. The lowest BCUT2D eigenvalue weighted by atomic mass is 9.91. The summed E-state index contributed by atoms with van der Waals surface area (Å²) in [7, 11) is 0. The van der Waals surface area contributed by atoms with Gasteiger partial charge in [-0.3, -0.25) is 14.4 Å². The van der Waals surface area contributed by atoms with Crippen LogP contribution in [0.5, 0.6) is 5.75 Å². The van der Waals surface area contributed by atoms with Crippen LogP contribution in [0, 0.1) is 18.8 Å². The Kier molecular flexibility index (Phi) is 8.63. The minimum absolute atomic E-state index is 0.176. The molecule has 1 unspecified atom stereocenters. The number of aryl methyl sites for hydroxylation is 1. The summed E-state index contributed by atoms with van der Waals surface area (Å²) >= 11 is 0. The number of rotatable bonds is 6. The summed E-state index contributed by atoms with van der Waals surface area (Å²) in [5.41, 5.74) is 0.937. The lowest BCUT2D eigenvalue weighted by Crippen LogP contribution is -2.47. The highest BCUT2D eigenvalue weighted by Crippen LogP contribution is 2.25. The minimum atomic E-state index is -1.37. The SMILES string of the molecule is Cc1ccnc(C(=O)NC2COC(=O)[C@H](Cc3ccccc3)[C@@H](OC(=O)C(C)C)[C@H](C)OC2=O)c1O. The van der Waals surface area contributed by atoms with E-state index in [2.05, 4.69) is 10.3 Å². The van der Waals surface area contributed by atoms with Crippen molar-refractivity contribution >= 4 is 23.8 Å². The molecule has 0 spiro atoms. The van der Waals surface area contributed by atoms with Crippen LogP contribution in [0.25, 0.3) is 0 Å². The highest BCUT2D eigenvalue weighted by atomic mass is 16.6. The topological polar surface area (TPSA) is 141 Å². The average Bonchev–Trinajstić information content (AvgIpc) is 2.88. The van der Waals surface area contributed by atoms with Gasteiger partial charge in [0.15, 0.2) is 17.8 Å². The van der Waals surface area contributed by atoms with Crippen molar-refractivity contribution in [2.24, 2.45) is 11.8 Å². The molecule has 0 radical (unpaired) electrons. The quantitative estimate of drug-likeness (QED) is 0.452. The van der Waals surface area contributed by atoms with Crippen molar-refractivity contribution in [3.63, 3.8) is 0 Å². The standard InChI is InChI=1S/C26H30N2O8/c1-14(2)24(31)36-22-16(4)35-26(33)19(28-23(30)20-21(29)15(3)10-11-27-20)13-34-25(32)18(22)12-17-8-6-5-7-9-17/h5-11,14,16,18-19,22,29H,12-13H2,1-4H3,(H,28,30)/t16-,18+,19?,22-/m0/s1. The normalized spacial score (nSPS) is 22.5. The highest BCUT2D eigenvalue weighted by Gasteiger charge is 2.42. The molecule has 1 aromatic carbocycles. The molecule has 1 aliphatic heterocycles. The van der Waals surface area contributed by atoms with Gasteiger partial charge in [0.1, 0.15) is 24.4 Å². The van der Waals surface area contributed by atoms with Gasteiger partial charge in [-0.1, -0.05) is 44.2 Å². The Labute approximate surface area is 209 Å². The van der Waals surface area contributed by atoms with Gasteiger partial charge in [-0.05, 0) is 37.5 Å². The monoisotopic (exact) mass is 498 g/mol. The van der Waals surface area contributed by atoms with Gasteiger partial charge in [-0.15, -0.1) is 0 Å². The molecule has 1 aliphatic rings. The first kappa shape index (κ1) is 26.7. The first-order valence-corrected chi connectivity index (χ1v) is 11.7. The summed E-state index contributed by atoms with van der Waals surface area (Å²) in [4.78, 5) is 55.2. The van der Waals surface area contributed by atoms with Crippen LogP contribution in [0.1, 0.15) is 42.4 Å². The molecule has 0 saturated carbocycles. The summed E-state index contributed by atoms with van der Waals surface area (Å²) in [5, 5.41) is 12.6. The number of aromatic nitrogens is 1. The molecule has 10 heteroatoms. The van der Waals surface area contributed by atoms with E-state index in [9.17, 15) is 24.3 Å². The predicted octanol–water partition coefficient (Wildman–Crippen LogP) is 2.11. The molecule has 1 saturated heterocycles. The van der Waals surface area contributed by atoms with E-state index >= 15 is 0 Å². The fourth-order valence-corrected chi connectivity index (χ4v) is 3.69. The van der Waals surface area contributed by atoms with Gasteiger partial charge in [0, 0.05) is 6.20 Å². The minimum Gasteiger partial charge on any atom is -0.505 e. The maximum Gasteiger partial charge on any atom is 0.332 e. The van der Waals surface area contributed by atoms with Crippen molar-refractivity contribution in [2.45, 2.75) is 52.4 Å². The van der Waals surface area contributed by atoms with Gasteiger partial charge >= 0.3 is 17.9 Å². The van der Waals surface area contributed by atoms with Crippen molar-refractivity contribution in [1.29, 1.82) is 0 Å². The summed E-state index contributed by atoms with van der Waals surface area (Å²) in [6.45, 7) is 5.90. The van der Waals surface area contributed by atoms with Crippen LogP contribution in [0.15, 0.2) is 42.6 Å². The van der Waals surface area contributed by atoms with Gasteiger partial charge in [-0.2, -0.15) is 0 Å². The van der Waals surface area contributed by atoms with Gasteiger partial charge < -0.3 is 24.6 Å². The number of nitrogens with zero attached hydrogens (tertiary/aromatic N) is 1. The first-order chi connectivity index (χ1) is 17.1. The molecule has 2 aromatic rings. The molecule has 36 heavy (non-hydrogen) atoms. The van der Waals surface area contributed by atoms with E-state index in [1.54, 1.807) is 20.8 Å². The average molecular weight is 499 g/mol. The molecule has 3 rings (SSSR count). The van der Waals surface area contributed by atoms with Crippen molar-refractivity contribution in [1.82, 2.24) is 10.3 Å². The summed E-state index contributed by atoms with van der Waals surface area (Å²) in [5.74, 6) is -4.77. The number of nitrogens with one attached hydrogen (secondary N) is 1. The fraction of sp³-hybridized carbons (Fsp3) is 0.423. The molecule has 10 nitrogen and oxygen atoms in total. The van der Waals surface area contributed by atoms with Crippen molar-refractivity contribution in [2.75, 3.05) is 6.61 Å². The Bertz CT molecular complexity index is 1120. The van der Waals surface area contributed by atoms with Crippen molar-refractivity contribution in [3.8, 4) is 5.75 Å². The number of cyclic esters (lactones) is 2. The number of hydrogen-bond donors (Lipinski definition) is 2. The molecule has 1 fully saturated rings.